The number of carbonyl (C=O) groups excluding carboxylic acids is 1. The van der Waals surface area contributed by atoms with Crippen molar-refractivity contribution in [2.24, 2.45) is 5.92 Å². The summed E-state index contributed by atoms with van der Waals surface area (Å²) in [5.74, 6) is 0.744. The number of nitrogens with one attached hydrogen (secondary N) is 1. The summed E-state index contributed by atoms with van der Waals surface area (Å²) >= 11 is 0. The number of amides is 2. The lowest BCUT2D eigenvalue weighted by Crippen LogP contribution is -2.40. The lowest BCUT2D eigenvalue weighted by molar-refractivity contribution is 0.186. The maximum Gasteiger partial charge on any atom is 0.321 e. The van der Waals surface area contributed by atoms with Gasteiger partial charge in [0.2, 0.25) is 0 Å². The molecule has 1 aliphatic rings. The van der Waals surface area contributed by atoms with Crippen LogP contribution in [0.4, 0.5) is 10.5 Å². The predicted octanol–water partition coefficient (Wildman–Crippen LogP) is 4.08. The predicted molar refractivity (Wildman–Crippen MR) is 84.2 cm³/mol. The second-order valence-corrected chi connectivity index (χ2v) is 5.76. The van der Waals surface area contributed by atoms with Gasteiger partial charge in [-0.2, -0.15) is 0 Å². The number of hydrogen-bond donors (Lipinski definition) is 1. The Balaban J connectivity index is 2.11. The Bertz CT molecular complexity index is 440. The Morgan fingerprint density at radius 3 is 2.25 bits per heavy atom. The van der Waals surface area contributed by atoms with Crippen molar-refractivity contribution in [3.63, 3.8) is 0 Å². The van der Waals surface area contributed by atoms with E-state index in [1.807, 2.05) is 4.90 Å². The lowest BCUT2D eigenvalue weighted by Gasteiger charge is -2.31. The molecule has 1 N–H and O–H groups in total. The Kier molecular flexibility index (Phi) is 5.05. The monoisotopic (exact) mass is 274 g/mol. The number of carbonyl (C=O) groups is 1. The number of piperidine rings is 1. The van der Waals surface area contributed by atoms with Gasteiger partial charge in [0.05, 0.1) is 0 Å². The number of rotatable bonds is 3. The maximum absolute atomic E-state index is 12.4. The van der Waals surface area contributed by atoms with Crippen molar-refractivity contribution in [3.8, 4) is 0 Å². The Morgan fingerprint density at radius 1 is 1.20 bits per heavy atom. The second-order valence-electron chi connectivity index (χ2n) is 5.76. The first kappa shape index (κ1) is 14.9. The average Bonchev–Trinajstić information content (AvgIpc) is 2.48. The van der Waals surface area contributed by atoms with E-state index < -0.39 is 0 Å². The summed E-state index contributed by atoms with van der Waals surface area (Å²) in [6, 6.07) is 6.35. The summed E-state index contributed by atoms with van der Waals surface area (Å²) < 4.78 is 0. The molecule has 20 heavy (non-hydrogen) atoms. The molecule has 1 aromatic carbocycles. The van der Waals surface area contributed by atoms with Crippen molar-refractivity contribution < 1.29 is 4.79 Å². The molecule has 0 bridgehead atoms. The van der Waals surface area contributed by atoms with Crippen LogP contribution >= 0.6 is 0 Å². The first-order valence-corrected chi connectivity index (χ1v) is 7.82. The highest BCUT2D eigenvalue weighted by Gasteiger charge is 2.21. The highest BCUT2D eigenvalue weighted by molar-refractivity contribution is 5.91. The topological polar surface area (TPSA) is 32.3 Å². The molecule has 1 fully saturated rings. The van der Waals surface area contributed by atoms with Gasteiger partial charge in [0, 0.05) is 18.8 Å². The molecule has 0 spiro atoms. The van der Waals surface area contributed by atoms with E-state index in [2.05, 4.69) is 44.3 Å². The van der Waals surface area contributed by atoms with E-state index in [-0.39, 0.29) is 6.03 Å². The average molecular weight is 274 g/mol. The number of aryl methyl sites for hydroxylation is 2. The van der Waals surface area contributed by atoms with Crippen molar-refractivity contribution in [3.05, 3.63) is 29.3 Å². The minimum absolute atomic E-state index is 0.0625. The summed E-state index contributed by atoms with van der Waals surface area (Å²) in [7, 11) is 0. The number of hydrogen-bond acceptors (Lipinski definition) is 1. The quantitative estimate of drug-likeness (QED) is 0.885. The van der Waals surface area contributed by atoms with Gasteiger partial charge in [-0.3, -0.25) is 0 Å². The van der Waals surface area contributed by atoms with Crippen LogP contribution in [-0.4, -0.2) is 24.0 Å². The molecule has 1 aromatic rings. The van der Waals surface area contributed by atoms with Gasteiger partial charge in [-0.15, -0.1) is 0 Å². The van der Waals surface area contributed by atoms with Gasteiger partial charge in [0.15, 0.2) is 0 Å². The van der Waals surface area contributed by atoms with Gasteiger partial charge in [-0.1, -0.05) is 39.0 Å². The molecule has 0 saturated carbocycles. The third kappa shape index (κ3) is 3.33. The Hall–Kier alpha value is -1.51. The highest BCUT2D eigenvalue weighted by Crippen LogP contribution is 2.24. The van der Waals surface area contributed by atoms with Crippen LogP contribution in [0.5, 0.6) is 0 Å². The molecule has 0 atom stereocenters. The number of likely N-dealkylation sites (tertiary alicyclic amines) is 1. The van der Waals surface area contributed by atoms with Gasteiger partial charge in [0.25, 0.3) is 0 Å². The summed E-state index contributed by atoms with van der Waals surface area (Å²) in [6.07, 6.45) is 4.12. The Labute approximate surface area is 122 Å². The zero-order chi connectivity index (χ0) is 14.5. The first-order valence-electron chi connectivity index (χ1n) is 7.82. The molecule has 0 aliphatic carbocycles. The van der Waals surface area contributed by atoms with Gasteiger partial charge in [0.1, 0.15) is 0 Å². The largest absolute Gasteiger partial charge is 0.325 e. The summed E-state index contributed by atoms with van der Waals surface area (Å²) in [5, 5.41) is 3.15. The molecule has 0 radical (unpaired) electrons. The molecule has 3 heteroatoms. The van der Waals surface area contributed by atoms with Gasteiger partial charge >= 0.3 is 6.03 Å². The molecule has 0 aromatic heterocycles. The van der Waals surface area contributed by atoms with E-state index in [1.54, 1.807) is 0 Å². The zero-order valence-electron chi connectivity index (χ0n) is 12.9. The summed E-state index contributed by atoms with van der Waals surface area (Å²) in [5.41, 5.74) is 3.48. The van der Waals surface area contributed by atoms with Crippen molar-refractivity contribution in [1.82, 2.24) is 4.90 Å². The lowest BCUT2D eigenvalue weighted by atomic mass is 9.99. The summed E-state index contributed by atoms with van der Waals surface area (Å²) in [6.45, 7) is 8.28. The molecule has 2 rings (SSSR count). The number of para-hydroxylation sites is 1. The van der Waals surface area contributed by atoms with Gasteiger partial charge < -0.3 is 10.2 Å². The third-order valence-corrected chi connectivity index (χ3v) is 4.30. The number of nitrogens with zero attached hydrogens (tertiary/aromatic N) is 1. The minimum Gasteiger partial charge on any atom is -0.325 e. The Morgan fingerprint density at radius 2 is 1.75 bits per heavy atom. The molecular weight excluding hydrogens is 248 g/mol. The normalized spacial score (nSPS) is 16.2. The van der Waals surface area contributed by atoms with Crippen LogP contribution in [0.2, 0.25) is 0 Å². The van der Waals surface area contributed by atoms with Crippen LogP contribution in [0, 0.1) is 5.92 Å². The van der Waals surface area contributed by atoms with Crippen molar-refractivity contribution in [2.45, 2.75) is 46.5 Å². The fraction of sp³-hybridized carbons (Fsp3) is 0.588. The minimum atomic E-state index is 0.0625. The van der Waals surface area contributed by atoms with Crippen molar-refractivity contribution in [1.29, 1.82) is 0 Å². The van der Waals surface area contributed by atoms with Crippen molar-refractivity contribution in [2.75, 3.05) is 18.4 Å². The van der Waals surface area contributed by atoms with Gasteiger partial charge in [-0.25, -0.2) is 4.79 Å². The van der Waals surface area contributed by atoms with Crippen LogP contribution in [0.1, 0.15) is 44.7 Å². The second kappa shape index (κ2) is 6.78. The number of benzene rings is 1. The van der Waals surface area contributed by atoms with Crippen LogP contribution in [0.25, 0.3) is 0 Å². The molecule has 110 valence electrons. The molecule has 0 unspecified atom stereocenters. The van der Waals surface area contributed by atoms with E-state index in [1.165, 1.54) is 11.1 Å². The van der Waals surface area contributed by atoms with E-state index in [4.69, 9.17) is 0 Å². The molecule has 1 saturated heterocycles. The SMILES string of the molecule is CCc1cccc(CC)c1NC(=O)N1CCC(C)CC1. The van der Waals surface area contributed by atoms with E-state index in [0.29, 0.717) is 0 Å². The zero-order valence-corrected chi connectivity index (χ0v) is 12.9. The highest BCUT2D eigenvalue weighted by atomic mass is 16.2. The van der Waals surface area contributed by atoms with Crippen molar-refractivity contribution >= 4 is 11.7 Å². The number of anilines is 1. The smallest absolute Gasteiger partial charge is 0.321 e. The fourth-order valence-electron chi connectivity index (χ4n) is 2.80. The van der Waals surface area contributed by atoms with Crippen LogP contribution in [0.3, 0.4) is 0 Å². The fourth-order valence-corrected chi connectivity index (χ4v) is 2.80. The van der Waals surface area contributed by atoms with Gasteiger partial charge in [-0.05, 0) is 42.7 Å². The van der Waals surface area contributed by atoms with Crippen LogP contribution in [0.15, 0.2) is 18.2 Å². The molecule has 2 amide bonds. The standard InChI is InChI=1S/C17H26N2O/c1-4-14-7-6-8-15(5-2)16(14)18-17(20)19-11-9-13(3)10-12-19/h6-8,13H,4-5,9-12H2,1-3H3,(H,18,20). The molecular formula is C17H26N2O. The van der Waals surface area contributed by atoms with Crippen LogP contribution < -0.4 is 5.32 Å². The van der Waals surface area contributed by atoms with E-state index >= 15 is 0 Å². The number of urea groups is 1. The molecule has 3 nitrogen and oxygen atoms in total. The first-order chi connectivity index (χ1) is 9.65. The third-order valence-electron chi connectivity index (χ3n) is 4.30. The summed E-state index contributed by atoms with van der Waals surface area (Å²) in [4.78, 5) is 14.4. The van der Waals surface area contributed by atoms with Crippen LogP contribution in [-0.2, 0) is 12.8 Å². The maximum atomic E-state index is 12.4. The molecule has 1 heterocycles. The van der Waals surface area contributed by atoms with E-state index in [9.17, 15) is 4.79 Å². The molecule has 1 aliphatic heterocycles. The van der Waals surface area contributed by atoms with E-state index in [0.717, 1.165) is 50.4 Å².